The molecule has 1 aromatic carbocycles. The van der Waals surface area contributed by atoms with E-state index in [0.717, 1.165) is 18.2 Å². The van der Waals surface area contributed by atoms with E-state index in [4.69, 9.17) is 9.05 Å². The fourth-order valence-corrected chi connectivity index (χ4v) is 12.0. The van der Waals surface area contributed by atoms with Crippen LogP contribution in [0.5, 0.6) is 0 Å². The van der Waals surface area contributed by atoms with Gasteiger partial charge in [0, 0.05) is 0 Å². The average molecular weight is 576 g/mol. The topological polar surface area (TPSA) is 27.7 Å². The van der Waals surface area contributed by atoms with E-state index in [2.05, 4.69) is 4.52 Å². The minimum absolute atomic E-state index is 0.000686. The summed E-state index contributed by atoms with van der Waals surface area (Å²) in [7, 11) is -6.51. The first-order valence-electron chi connectivity index (χ1n) is 10.9. The number of benzene rings is 1. The van der Waals surface area contributed by atoms with Crippen molar-refractivity contribution in [3.05, 3.63) is 41.2 Å². The van der Waals surface area contributed by atoms with Crippen LogP contribution in [0.4, 0.5) is 52.7 Å². The molecule has 0 unspecified atom stereocenters. The van der Waals surface area contributed by atoms with Gasteiger partial charge in [-0.15, -0.1) is 0 Å². The van der Waals surface area contributed by atoms with Gasteiger partial charge in [-0.1, -0.05) is 0 Å². The summed E-state index contributed by atoms with van der Waals surface area (Å²) in [5.41, 5.74) is -14.1. The van der Waals surface area contributed by atoms with Gasteiger partial charge >= 0.3 is 200 Å². The van der Waals surface area contributed by atoms with E-state index in [-0.39, 0.29) is 6.42 Å². The molecule has 3 nitrogen and oxygen atoms in total. The third-order valence-corrected chi connectivity index (χ3v) is 12.0. The predicted molar refractivity (Wildman–Crippen MR) is 104 cm³/mol. The van der Waals surface area contributed by atoms with Gasteiger partial charge in [0.2, 0.25) is 0 Å². The van der Waals surface area contributed by atoms with Crippen molar-refractivity contribution in [3.8, 4) is 0 Å². The average Bonchev–Trinajstić information content (AvgIpc) is 3.26. The number of hydrogen-bond acceptors (Lipinski definition) is 3. The summed E-state index contributed by atoms with van der Waals surface area (Å²) < 4.78 is 189. The number of alkyl halides is 12. The van der Waals surface area contributed by atoms with Gasteiger partial charge in [-0.2, -0.15) is 0 Å². The molecule has 2 saturated heterocycles. The first kappa shape index (κ1) is 27.0. The van der Waals surface area contributed by atoms with Gasteiger partial charge in [0.05, 0.1) is 0 Å². The second-order valence-electron chi connectivity index (χ2n) is 9.59. The molecule has 5 rings (SSSR count). The monoisotopic (exact) mass is 576 g/mol. The Morgan fingerprint density at radius 1 is 0.757 bits per heavy atom. The van der Waals surface area contributed by atoms with Crippen LogP contribution in [0.15, 0.2) is 35.6 Å². The van der Waals surface area contributed by atoms with E-state index in [1.54, 1.807) is 0 Å². The molecule has 37 heavy (non-hydrogen) atoms. The molecule has 4 aliphatic rings. The van der Waals surface area contributed by atoms with Crippen molar-refractivity contribution < 1.29 is 66.3 Å². The fourth-order valence-electron chi connectivity index (χ4n) is 6.10. The molecule has 0 aromatic heterocycles. The zero-order valence-corrected chi connectivity index (χ0v) is 19.2. The van der Waals surface area contributed by atoms with E-state index in [1.807, 2.05) is 0 Å². The van der Waals surface area contributed by atoms with Gasteiger partial charge in [0.1, 0.15) is 0 Å². The molecule has 1 saturated carbocycles. The Kier molecular flexibility index (Phi) is 5.36. The van der Waals surface area contributed by atoms with E-state index < -0.39 is 84.2 Å². The quantitative estimate of drug-likeness (QED) is 0.251. The molecule has 16 heteroatoms. The molecule has 3 fully saturated rings. The summed E-state index contributed by atoms with van der Waals surface area (Å²) in [6.07, 6.45) is -28.8. The minimum atomic E-state index is -6.51. The van der Waals surface area contributed by atoms with Crippen molar-refractivity contribution in [1.29, 1.82) is 0 Å². The van der Waals surface area contributed by atoms with Crippen molar-refractivity contribution in [3.63, 3.8) is 0 Å². The van der Waals surface area contributed by atoms with Gasteiger partial charge < -0.3 is 0 Å². The Bertz CT molecular complexity index is 1110. The Hall–Kier alpha value is -1.57. The SMILES string of the molecule is FC(F)(F)C1(C(F)(F)F)CP23(OC[C@H]4CCC[C@@H]4O2)OC(C(F)(F)F)(C(F)(F)F)C3=C1c1ccccc1. The van der Waals surface area contributed by atoms with Crippen LogP contribution >= 0.6 is 7.28 Å². The van der Waals surface area contributed by atoms with Crippen molar-refractivity contribution >= 4 is 12.9 Å². The summed E-state index contributed by atoms with van der Waals surface area (Å²) in [6, 6.07) is 4.10. The standard InChI is InChI=1S/C21H17F12O3P/c22-18(23,24)16(19(25,26)27)10-37(34-9-12-7-4-8-13(12)35-37)15(14(16)11-5-2-1-3-6-11)17(36-37,20(28,29)30)21(31,32)33/h1-3,5-6,12-13H,4,7-10H2/t12-,13+/m1/s1. The van der Waals surface area contributed by atoms with Gasteiger partial charge in [-0.3, -0.25) is 0 Å². The van der Waals surface area contributed by atoms with Crippen LogP contribution in [-0.4, -0.2) is 49.2 Å². The molecular weight excluding hydrogens is 559 g/mol. The Balaban J connectivity index is 1.96. The van der Waals surface area contributed by atoms with Gasteiger partial charge in [-0.25, -0.2) is 0 Å². The molecular formula is C21H17F12O3P. The van der Waals surface area contributed by atoms with Crippen molar-refractivity contribution in [2.75, 3.05) is 12.8 Å². The molecule has 3 aliphatic heterocycles. The van der Waals surface area contributed by atoms with Crippen LogP contribution in [-0.2, 0) is 13.6 Å². The van der Waals surface area contributed by atoms with Crippen LogP contribution in [0.3, 0.4) is 0 Å². The second-order valence-corrected chi connectivity index (χ2v) is 13.1. The number of halogens is 12. The molecule has 0 N–H and O–H groups in total. The summed E-state index contributed by atoms with van der Waals surface area (Å²) in [6.45, 7) is -0.703. The zero-order valence-electron chi connectivity index (χ0n) is 18.3. The Morgan fingerprint density at radius 3 is 1.84 bits per heavy atom. The molecule has 0 radical (unpaired) electrons. The van der Waals surface area contributed by atoms with Crippen molar-refractivity contribution in [2.24, 2.45) is 11.3 Å². The van der Waals surface area contributed by atoms with E-state index in [1.165, 1.54) is 0 Å². The van der Waals surface area contributed by atoms with E-state index >= 15 is 0 Å². The summed E-state index contributed by atoms with van der Waals surface area (Å²) in [5, 5.41) is -2.29. The van der Waals surface area contributed by atoms with Gasteiger partial charge in [0.15, 0.2) is 0 Å². The van der Waals surface area contributed by atoms with Crippen LogP contribution < -0.4 is 0 Å². The Morgan fingerprint density at radius 2 is 1.32 bits per heavy atom. The molecule has 0 amide bonds. The first-order valence-corrected chi connectivity index (χ1v) is 13.1. The third kappa shape index (κ3) is 3.14. The molecule has 208 valence electrons. The molecule has 2 atom stereocenters. The normalized spacial score (nSPS) is 31.3. The maximum atomic E-state index is 14.6. The number of fused-ring (bicyclic) bond motifs is 1. The van der Waals surface area contributed by atoms with Gasteiger partial charge in [0.25, 0.3) is 0 Å². The fraction of sp³-hybridized carbons (Fsp3) is 0.619. The van der Waals surface area contributed by atoms with E-state index in [0.29, 0.717) is 25.0 Å². The number of rotatable bonds is 1. The molecule has 1 aliphatic carbocycles. The Labute approximate surface area is 200 Å². The number of allylic oxidation sites excluding steroid dienone is 1. The molecule has 1 aromatic rings. The summed E-state index contributed by atoms with van der Waals surface area (Å²) in [4.78, 5) is 0. The van der Waals surface area contributed by atoms with Crippen molar-refractivity contribution in [1.82, 2.24) is 0 Å². The summed E-state index contributed by atoms with van der Waals surface area (Å²) in [5.74, 6) is -0.631. The van der Waals surface area contributed by atoms with Crippen LogP contribution in [0.2, 0.25) is 0 Å². The number of hydrogen-bond donors (Lipinski definition) is 0. The predicted octanol–water partition coefficient (Wildman–Crippen LogP) is 7.93. The zero-order chi connectivity index (χ0) is 27.5. The third-order valence-electron chi connectivity index (χ3n) is 7.58. The van der Waals surface area contributed by atoms with Crippen LogP contribution in [0.25, 0.3) is 5.57 Å². The molecule has 1 spiro atoms. The molecule has 3 heterocycles. The second kappa shape index (κ2) is 7.33. The van der Waals surface area contributed by atoms with E-state index in [9.17, 15) is 52.7 Å². The maximum absolute atomic E-state index is 14.6. The first-order chi connectivity index (χ1) is 16.8. The van der Waals surface area contributed by atoms with Gasteiger partial charge in [-0.05, 0) is 0 Å². The van der Waals surface area contributed by atoms with Crippen LogP contribution in [0.1, 0.15) is 24.8 Å². The molecule has 0 bridgehead atoms. The summed E-state index contributed by atoms with van der Waals surface area (Å²) >= 11 is 0. The van der Waals surface area contributed by atoms with Crippen molar-refractivity contribution in [2.45, 2.75) is 55.7 Å². The van der Waals surface area contributed by atoms with Crippen LogP contribution in [0, 0.1) is 11.3 Å².